The number of ether oxygens (including phenoxy) is 1. The maximum Gasteiger partial charge on any atom is 0.257 e. The Balaban J connectivity index is 1.55. The molecule has 1 amide bonds. The predicted molar refractivity (Wildman–Crippen MR) is 105 cm³/mol. The average molecular weight is 368 g/mol. The lowest BCUT2D eigenvalue weighted by molar-refractivity contribution is 0.0166. The van der Waals surface area contributed by atoms with Crippen LogP contribution in [-0.2, 0) is 4.74 Å². The van der Waals surface area contributed by atoms with E-state index in [0.717, 1.165) is 63.5 Å². The first-order valence-electron chi connectivity index (χ1n) is 9.94. The smallest absolute Gasteiger partial charge is 0.257 e. The Hall–Kier alpha value is -2.18. The van der Waals surface area contributed by atoms with Gasteiger partial charge in [-0.15, -0.1) is 0 Å². The zero-order chi connectivity index (χ0) is 18.6. The number of likely N-dealkylation sites (tertiary alicyclic amines) is 1. The van der Waals surface area contributed by atoms with Gasteiger partial charge in [-0.3, -0.25) is 14.8 Å². The van der Waals surface area contributed by atoms with Gasteiger partial charge in [0, 0.05) is 37.8 Å². The Bertz CT molecular complexity index is 782. The van der Waals surface area contributed by atoms with E-state index >= 15 is 0 Å². The molecule has 1 atom stereocenters. The van der Waals surface area contributed by atoms with Gasteiger partial charge in [-0.05, 0) is 32.3 Å². The third kappa shape index (κ3) is 4.06. The number of nitrogens with one attached hydrogen (secondary N) is 1. The summed E-state index contributed by atoms with van der Waals surface area (Å²) in [4.78, 5) is 17.9. The molecule has 144 valence electrons. The Morgan fingerprint density at radius 1 is 1.26 bits per heavy atom. The van der Waals surface area contributed by atoms with Gasteiger partial charge in [0.05, 0.1) is 30.7 Å². The van der Waals surface area contributed by atoms with Crippen molar-refractivity contribution in [1.29, 1.82) is 0 Å². The highest BCUT2D eigenvalue weighted by Gasteiger charge is 2.31. The number of carbonyl (C=O) groups is 1. The van der Waals surface area contributed by atoms with Crippen LogP contribution in [-0.4, -0.2) is 71.3 Å². The van der Waals surface area contributed by atoms with E-state index in [9.17, 15) is 4.79 Å². The minimum atomic E-state index is 0.0956. The Kier molecular flexibility index (Phi) is 5.55. The molecule has 2 fully saturated rings. The Labute approximate surface area is 160 Å². The fourth-order valence-corrected chi connectivity index (χ4v) is 4.16. The predicted octanol–water partition coefficient (Wildman–Crippen LogP) is 2.71. The Morgan fingerprint density at radius 2 is 2.11 bits per heavy atom. The molecule has 1 aromatic carbocycles. The summed E-state index contributed by atoms with van der Waals surface area (Å²) in [7, 11) is 0. The Morgan fingerprint density at radius 3 is 2.93 bits per heavy atom. The summed E-state index contributed by atoms with van der Waals surface area (Å²) in [6.07, 6.45) is 5.01. The van der Waals surface area contributed by atoms with Crippen molar-refractivity contribution in [3.63, 3.8) is 0 Å². The van der Waals surface area contributed by atoms with E-state index in [1.807, 2.05) is 12.1 Å². The molecule has 2 aromatic rings. The number of amides is 1. The third-order valence-corrected chi connectivity index (χ3v) is 5.64. The molecule has 1 N–H and O–H groups in total. The standard InChI is InChI=1S/C21H28N4O2/c1-16-5-4-6-17(13-16)20-19(14-22-23-20)21(26)25-8-3-2-7-18(25)15-24-9-11-27-12-10-24/h4-6,13-14,18H,2-3,7-12,15H2,1H3,(H,22,23)/t18-/m0/s1. The summed E-state index contributed by atoms with van der Waals surface area (Å²) < 4.78 is 5.46. The van der Waals surface area contributed by atoms with E-state index in [1.54, 1.807) is 6.20 Å². The van der Waals surface area contributed by atoms with Crippen molar-refractivity contribution < 1.29 is 9.53 Å². The molecular weight excluding hydrogens is 340 g/mol. The number of aromatic amines is 1. The number of benzene rings is 1. The molecule has 0 saturated carbocycles. The van der Waals surface area contributed by atoms with Crippen LogP contribution in [0.4, 0.5) is 0 Å². The molecule has 6 nitrogen and oxygen atoms in total. The number of hydrogen-bond donors (Lipinski definition) is 1. The van der Waals surface area contributed by atoms with Crippen molar-refractivity contribution in [3.8, 4) is 11.3 Å². The molecule has 0 spiro atoms. The van der Waals surface area contributed by atoms with Crippen LogP contribution in [0.5, 0.6) is 0 Å². The topological polar surface area (TPSA) is 61.5 Å². The lowest BCUT2D eigenvalue weighted by Crippen LogP contribution is -2.51. The number of morpholine rings is 1. The maximum atomic E-state index is 13.4. The van der Waals surface area contributed by atoms with Crippen LogP contribution in [0.3, 0.4) is 0 Å². The van der Waals surface area contributed by atoms with Crippen molar-refractivity contribution >= 4 is 5.91 Å². The van der Waals surface area contributed by atoms with Crippen LogP contribution < -0.4 is 0 Å². The molecule has 6 heteroatoms. The van der Waals surface area contributed by atoms with Crippen LogP contribution in [0.25, 0.3) is 11.3 Å². The summed E-state index contributed by atoms with van der Waals surface area (Å²) in [5.74, 6) is 0.0956. The van der Waals surface area contributed by atoms with Crippen LogP contribution in [0, 0.1) is 6.92 Å². The fourth-order valence-electron chi connectivity index (χ4n) is 4.16. The van der Waals surface area contributed by atoms with Crippen LogP contribution in [0.1, 0.15) is 35.2 Å². The van der Waals surface area contributed by atoms with Gasteiger partial charge in [0.1, 0.15) is 0 Å². The number of aryl methyl sites for hydroxylation is 1. The molecule has 27 heavy (non-hydrogen) atoms. The van der Waals surface area contributed by atoms with Crippen LogP contribution in [0.2, 0.25) is 0 Å². The van der Waals surface area contributed by atoms with E-state index in [1.165, 1.54) is 12.0 Å². The molecule has 2 saturated heterocycles. The number of nitrogens with zero attached hydrogens (tertiary/aromatic N) is 3. The number of aromatic nitrogens is 2. The highest BCUT2D eigenvalue weighted by atomic mass is 16.5. The SMILES string of the molecule is Cc1cccc(-c2[nH]ncc2C(=O)N2CCCC[C@H]2CN2CCOCC2)c1. The van der Waals surface area contributed by atoms with Gasteiger partial charge < -0.3 is 9.64 Å². The number of piperidine rings is 1. The molecule has 1 aromatic heterocycles. The van der Waals surface area contributed by atoms with E-state index in [0.29, 0.717) is 5.56 Å². The summed E-state index contributed by atoms with van der Waals surface area (Å²) in [6, 6.07) is 8.46. The zero-order valence-corrected chi connectivity index (χ0v) is 16.0. The first-order valence-corrected chi connectivity index (χ1v) is 9.94. The molecular formula is C21H28N4O2. The van der Waals surface area contributed by atoms with Gasteiger partial charge in [-0.25, -0.2) is 0 Å². The number of hydrogen-bond acceptors (Lipinski definition) is 4. The first-order chi connectivity index (χ1) is 13.2. The van der Waals surface area contributed by atoms with Crippen molar-refractivity contribution in [1.82, 2.24) is 20.0 Å². The van der Waals surface area contributed by atoms with Gasteiger partial charge >= 0.3 is 0 Å². The normalized spacial score (nSPS) is 21.4. The molecule has 3 heterocycles. The average Bonchev–Trinajstić information content (AvgIpc) is 3.19. The molecule has 0 radical (unpaired) electrons. The van der Waals surface area contributed by atoms with Crippen molar-refractivity contribution in [2.45, 2.75) is 32.2 Å². The van der Waals surface area contributed by atoms with Crippen molar-refractivity contribution in [3.05, 3.63) is 41.6 Å². The van der Waals surface area contributed by atoms with Crippen molar-refractivity contribution in [2.75, 3.05) is 39.4 Å². The van der Waals surface area contributed by atoms with Gasteiger partial charge in [0.2, 0.25) is 0 Å². The van der Waals surface area contributed by atoms with Gasteiger partial charge in [-0.1, -0.05) is 23.8 Å². The molecule has 2 aliphatic rings. The highest BCUT2D eigenvalue weighted by molar-refractivity contribution is 6.00. The number of rotatable bonds is 4. The summed E-state index contributed by atoms with van der Waals surface area (Å²) in [5, 5.41) is 7.23. The minimum Gasteiger partial charge on any atom is -0.379 e. The number of carbonyl (C=O) groups excluding carboxylic acids is 1. The van der Waals surface area contributed by atoms with Gasteiger partial charge in [0.25, 0.3) is 5.91 Å². The van der Waals surface area contributed by atoms with E-state index < -0.39 is 0 Å². The molecule has 0 bridgehead atoms. The third-order valence-electron chi connectivity index (χ3n) is 5.64. The largest absolute Gasteiger partial charge is 0.379 e. The second-order valence-electron chi connectivity index (χ2n) is 7.59. The van der Waals surface area contributed by atoms with E-state index in [2.05, 4.69) is 39.1 Å². The molecule has 0 unspecified atom stereocenters. The lowest BCUT2D eigenvalue weighted by Gasteiger charge is -2.39. The van der Waals surface area contributed by atoms with Gasteiger partial charge in [-0.2, -0.15) is 5.10 Å². The second-order valence-corrected chi connectivity index (χ2v) is 7.59. The van der Waals surface area contributed by atoms with Gasteiger partial charge in [0.15, 0.2) is 0 Å². The van der Waals surface area contributed by atoms with E-state index in [-0.39, 0.29) is 11.9 Å². The summed E-state index contributed by atoms with van der Waals surface area (Å²) in [5.41, 5.74) is 3.68. The second kappa shape index (κ2) is 8.23. The molecule has 4 rings (SSSR count). The highest BCUT2D eigenvalue weighted by Crippen LogP contribution is 2.26. The van der Waals surface area contributed by atoms with Crippen molar-refractivity contribution in [2.24, 2.45) is 0 Å². The first kappa shape index (κ1) is 18.2. The van der Waals surface area contributed by atoms with Crippen LogP contribution in [0.15, 0.2) is 30.5 Å². The maximum absolute atomic E-state index is 13.4. The molecule has 0 aliphatic carbocycles. The monoisotopic (exact) mass is 368 g/mol. The summed E-state index contributed by atoms with van der Waals surface area (Å²) in [6.45, 7) is 7.32. The number of H-pyrrole nitrogens is 1. The van der Waals surface area contributed by atoms with Crippen LogP contribution >= 0.6 is 0 Å². The minimum absolute atomic E-state index is 0.0956. The van der Waals surface area contributed by atoms with E-state index in [4.69, 9.17) is 4.74 Å². The fraction of sp³-hybridized carbons (Fsp3) is 0.524. The summed E-state index contributed by atoms with van der Waals surface area (Å²) >= 11 is 0. The lowest BCUT2D eigenvalue weighted by atomic mass is 9.99. The quantitative estimate of drug-likeness (QED) is 0.901. The zero-order valence-electron chi connectivity index (χ0n) is 16.0. The molecule has 2 aliphatic heterocycles.